The van der Waals surface area contributed by atoms with Gasteiger partial charge in [-0.3, -0.25) is 51.5 Å². The Morgan fingerprint density at radius 1 is 0.352 bits per heavy atom. The van der Waals surface area contributed by atoms with E-state index in [-0.39, 0.29) is 137 Å². The molecule has 16 rings (SSSR count). The number of ether oxygens (including phenoxy) is 2. The minimum atomic E-state index is -5.17. The summed E-state index contributed by atoms with van der Waals surface area (Å²) in [5.41, 5.74) is -2.10. The number of nitrogens with one attached hydrogen (secondary N) is 6. The number of anilines is 10. The maximum absolute atomic E-state index is 15.0. The zero-order chi connectivity index (χ0) is 86.4. The lowest BCUT2D eigenvalue weighted by molar-refractivity contribution is 0.102. The van der Waals surface area contributed by atoms with Gasteiger partial charge in [-0.1, -0.05) is 91.0 Å². The van der Waals surface area contributed by atoms with Crippen LogP contribution in [0, 0.1) is 0 Å². The zero-order valence-electron chi connectivity index (χ0n) is 62.3. The number of carbonyl (C=O) groups excluding carboxylic acids is 4. The molecule has 2 aliphatic carbocycles. The van der Waals surface area contributed by atoms with Gasteiger partial charge in [-0.25, -0.2) is 0 Å². The Hall–Kier alpha value is -14.7. The van der Waals surface area contributed by atoms with E-state index in [4.69, 9.17) is 9.47 Å². The van der Waals surface area contributed by atoms with Crippen LogP contribution in [0.1, 0.15) is 63.7 Å². The first kappa shape index (κ1) is 81.0. The van der Waals surface area contributed by atoms with E-state index in [1.807, 2.05) is 0 Å². The number of benzene rings is 10. The number of fused-ring (bicyclic) bond motifs is 4. The molecular formula is C80H56N14O23S5. The lowest BCUT2D eigenvalue weighted by Gasteiger charge is -2.26. The van der Waals surface area contributed by atoms with Gasteiger partial charge < -0.3 is 50.5 Å². The van der Waals surface area contributed by atoms with Crippen molar-refractivity contribution in [1.82, 2.24) is 39.0 Å². The van der Waals surface area contributed by atoms with E-state index in [0.29, 0.717) is 11.1 Å². The maximum atomic E-state index is 15.0. The minimum Gasteiger partial charge on any atom is -0.424 e. The molecule has 0 radical (unpaired) electrons. The van der Waals surface area contributed by atoms with Crippen molar-refractivity contribution in [2.24, 2.45) is 14.1 Å². The molecule has 4 aromatic heterocycles. The number of aryl methyl sites for hydroxylation is 2. The summed E-state index contributed by atoms with van der Waals surface area (Å²) in [6, 6.07) is 45.1. The Morgan fingerprint density at radius 3 is 1.20 bits per heavy atom. The molecule has 122 heavy (non-hydrogen) atoms. The fraction of sp³-hybridized carbons (Fsp3) is 0.0500. The van der Waals surface area contributed by atoms with Crippen LogP contribution in [0.2, 0.25) is 0 Å². The molecule has 42 heteroatoms. The first-order chi connectivity index (χ1) is 57.9. The van der Waals surface area contributed by atoms with Crippen LogP contribution in [-0.2, 0) is 64.7 Å². The highest BCUT2D eigenvalue weighted by molar-refractivity contribution is 7.87. The summed E-state index contributed by atoms with van der Waals surface area (Å²) in [5, 5.41) is 17.9. The van der Waals surface area contributed by atoms with Crippen LogP contribution in [-0.4, -0.2) is 140 Å². The van der Waals surface area contributed by atoms with E-state index >= 15 is 0 Å². The van der Waals surface area contributed by atoms with Crippen molar-refractivity contribution in [3.05, 3.63) is 278 Å². The molecule has 0 bridgehead atoms. The van der Waals surface area contributed by atoms with Crippen molar-refractivity contribution in [3.8, 4) is 45.8 Å². The summed E-state index contributed by atoms with van der Waals surface area (Å²) < 4.78 is 191. The Labute approximate surface area is 688 Å². The largest absolute Gasteiger partial charge is 0.424 e. The second kappa shape index (κ2) is 30.9. The van der Waals surface area contributed by atoms with Crippen molar-refractivity contribution < 1.29 is 93.5 Å². The molecule has 0 saturated heterocycles. The number of hydrogen-bond acceptors (Lipinski definition) is 30. The molecule has 0 aliphatic heterocycles. The molecule has 0 unspecified atom stereocenters. The fourth-order valence-electron chi connectivity index (χ4n) is 14.1. The van der Waals surface area contributed by atoms with Crippen LogP contribution < -0.4 is 52.5 Å². The average Bonchev–Trinajstić information content (AvgIpc) is 0.709. The predicted molar refractivity (Wildman–Crippen MR) is 441 cm³/mol. The quantitative estimate of drug-likeness (QED) is 0.0136. The molecule has 14 aromatic rings. The Balaban J connectivity index is 0.721. The van der Waals surface area contributed by atoms with Crippen molar-refractivity contribution in [2.75, 3.05) is 45.0 Å². The molecule has 2 aliphatic rings. The topological polar surface area (TPSA) is 552 Å². The highest BCUT2D eigenvalue weighted by atomic mass is 32.2. The minimum absolute atomic E-state index is 0.0177. The number of ketones is 4. The van der Waals surface area contributed by atoms with E-state index in [1.54, 1.807) is 66.7 Å². The van der Waals surface area contributed by atoms with Crippen molar-refractivity contribution in [2.45, 2.75) is 24.5 Å². The highest BCUT2D eigenvalue weighted by Gasteiger charge is 2.38. The number of carbonyl (C=O) groups is 4. The number of hydrogen-bond donors (Lipinski definition) is 11. The number of nitrogens with zero attached hydrogens (tertiary/aromatic N) is 8. The first-order valence-corrected chi connectivity index (χ1v) is 42.8. The summed E-state index contributed by atoms with van der Waals surface area (Å²) in [5.74, 6) is -4.45. The van der Waals surface area contributed by atoms with E-state index < -0.39 is 144 Å². The summed E-state index contributed by atoms with van der Waals surface area (Å²) >= 11 is 0. The molecule has 614 valence electrons. The van der Waals surface area contributed by atoms with Crippen LogP contribution in [0.3, 0.4) is 0 Å². The normalized spacial score (nSPS) is 12.5. The van der Waals surface area contributed by atoms with Crippen LogP contribution in [0.15, 0.2) is 246 Å². The molecule has 0 fully saturated rings. The second-order valence-corrected chi connectivity index (χ2v) is 34.2. The van der Waals surface area contributed by atoms with Gasteiger partial charge in [-0.2, -0.15) is 72.0 Å². The molecule has 11 N–H and O–H groups in total. The monoisotopic (exact) mass is 1740 g/mol. The van der Waals surface area contributed by atoms with Crippen LogP contribution in [0.4, 0.5) is 57.9 Å². The highest BCUT2D eigenvalue weighted by Crippen LogP contribution is 2.48. The maximum Gasteiger partial charge on any atom is 0.328 e. The van der Waals surface area contributed by atoms with Crippen LogP contribution in [0.5, 0.6) is 23.5 Å². The summed E-state index contributed by atoms with van der Waals surface area (Å²) in [6.07, 6.45) is 0. The van der Waals surface area contributed by atoms with Gasteiger partial charge in [0.1, 0.15) is 21.3 Å². The van der Waals surface area contributed by atoms with E-state index in [2.05, 4.69) is 61.8 Å². The van der Waals surface area contributed by atoms with Gasteiger partial charge in [0, 0.05) is 82.7 Å². The van der Waals surface area contributed by atoms with Gasteiger partial charge in [-0.15, -0.1) is 0 Å². The third-order valence-corrected chi connectivity index (χ3v) is 23.9. The van der Waals surface area contributed by atoms with E-state index in [9.17, 15) is 93.6 Å². The second-order valence-electron chi connectivity index (χ2n) is 27.1. The smallest absolute Gasteiger partial charge is 0.328 e. The third-order valence-electron chi connectivity index (χ3n) is 19.5. The molecule has 0 atom stereocenters. The number of pyridine rings is 2. The standard InChI is InChI=1S/C80H56N14O23S5/c1-93-57-31-29-53(63-65(57)61(49-15-6-8-17-51(49)71(63)97)67(73(93)99)69(95)40-11-4-3-5-12-40)83-42-19-33-60(122(113,114)115)56(38-42)86-78-88-76(90-80(92-78)117-45-23-27-47(28-24-45)119(104,105)106)82-36-35-81-75-87-77(91-79(89-75)116-44-21-25-46(26-22-44)118(101,102)103)84-43-20-34-59(121(110,111)112)55(39-43)85-54-30-32-58-66-62(50-16-7-9-18-52(50)72(98)64(54)66)68(74(100)94(58)2)70(96)41-13-10-14-48(37-41)120(107,108)109/h3-34,37-39,83,85H,35-36H2,1-2H3,(H,101,102,103)(H,104,105,106)(H,107,108,109)(H,110,111,112)(H,113,114,115)(H2,81,84,87,89,91)(H2,82,86,88,90,92). The molecule has 10 aromatic carbocycles. The molecule has 0 spiro atoms. The van der Waals surface area contributed by atoms with Gasteiger partial charge in [0.2, 0.25) is 23.8 Å². The Kier molecular flexibility index (Phi) is 20.5. The van der Waals surface area contributed by atoms with Crippen molar-refractivity contribution in [1.29, 1.82) is 0 Å². The SMILES string of the molecule is Cn1c(=O)c(C(=O)c2ccccc2)c2c3c(c(Nc4ccc(S(=O)(=O)O)c(Nc5nc(NCCNc6nc(Nc7ccc(S(=O)(=O)O)c(Nc8ccc9c%10c8C(=O)c8ccccc8-c%10c(C(=O)c8cccc(S(=O)(=O)O)c8)c(=O)n9C)c7)nc(Oc7ccc(S(=O)(=O)O)cc7)n6)nc(Oc6ccc(S(=O)(=O)O)cc6)n5)c4)ccc31)C(=O)c1ccccc1-2. The first-order valence-electron chi connectivity index (χ1n) is 35.6. The Morgan fingerprint density at radius 2 is 0.746 bits per heavy atom. The fourth-order valence-corrected chi connectivity index (χ4v) is 16.8. The van der Waals surface area contributed by atoms with Gasteiger partial charge in [0.05, 0.1) is 70.7 Å². The zero-order valence-corrected chi connectivity index (χ0v) is 66.4. The molecule has 4 heterocycles. The van der Waals surface area contributed by atoms with Crippen LogP contribution >= 0.6 is 0 Å². The number of rotatable bonds is 26. The number of aromatic nitrogens is 8. The van der Waals surface area contributed by atoms with Gasteiger partial charge in [0.15, 0.2) is 23.1 Å². The summed E-state index contributed by atoms with van der Waals surface area (Å²) in [7, 11) is -21.8. The molecule has 0 saturated carbocycles. The summed E-state index contributed by atoms with van der Waals surface area (Å²) in [4.78, 5) is 111. The van der Waals surface area contributed by atoms with Gasteiger partial charge >= 0.3 is 12.0 Å². The molecule has 37 nitrogen and oxygen atoms in total. The van der Waals surface area contributed by atoms with Crippen LogP contribution in [0.25, 0.3) is 44.1 Å². The average molecular weight is 1740 g/mol. The lowest BCUT2D eigenvalue weighted by Crippen LogP contribution is -2.29. The lowest BCUT2D eigenvalue weighted by atomic mass is 9.80. The Bertz CT molecular complexity index is 7660. The van der Waals surface area contributed by atoms with Gasteiger partial charge in [0.25, 0.3) is 61.7 Å². The van der Waals surface area contributed by atoms with Crippen molar-refractivity contribution >= 4 is 153 Å². The molecule has 0 amide bonds. The van der Waals surface area contributed by atoms with E-state index in [0.717, 1.165) is 83.4 Å². The van der Waals surface area contributed by atoms with Gasteiger partial charge in [-0.05, 0) is 132 Å². The van der Waals surface area contributed by atoms with Crippen molar-refractivity contribution in [3.63, 3.8) is 0 Å². The van der Waals surface area contributed by atoms with E-state index in [1.165, 1.54) is 85.4 Å². The third kappa shape index (κ3) is 15.7. The predicted octanol–water partition coefficient (Wildman–Crippen LogP) is 11.0. The molecular weight excluding hydrogens is 1690 g/mol. The summed E-state index contributed by atoms with van der Waals surface area (Å²) in [6.45, 7) is -0.418.